The highest BCUT2D eigenvalue weighted by molar-refractivity contribution is 9.10. The summed E-state index contributed by atoms with van der Waals surface area (Å²) in [4.78, 5) is 2.31. The summed E-state index contributed by atoms with van der Waals surface area (Å²) >= 11 is 3.65. The number of anilines is 1. The van der Waals surface area contributed by atoms with Crippen molar-refractivity contribution in [3.63, 3.8) is 0 Å². The molecule has 2 nitrogen and oxygen atoms in total. The van der Waals surface area contributed by atoms with Crippen LogP contribution < -0.4 is 10.6 Å². The maximum absolute atomic E-state index is 5.82. The number of rotatable bonds is 5. The van der Waals surface area contributed by atoms with E-state index in [2.05, 4.69) is 59.9 Å². The SMILES string of the molecule is CCC(C)N(C)c1ccc(CC(C)N)cc1Br. The fraction of sp³-hybridized carbons (Fsp3) is 0.571. The number of nitrogens with zero attached hydrogens (tertiary/aromatic N) is 1. The van der Waals surface area contributed by atoms with Crippen molar-refractivity contribution in [1.29, 1.82) is 0 Å². The topological polar surface area (TPSA) is 29.3 Å². The Morgan fingerprint density at radius 1 is 1.35 bits per heavy atom. The lowest BCUT2D eigenvalue weighted by molar-refractivity contribution is 0.662. The molecule has 0 radical (unpaired) electrons. The quantitative estimate of drug-likeness (QED) is 0.900. The Hall–Kier alpha value is -0.540. The van der Waals surface area contributed by atoms with Gasteiger partial charge in [0.05, 0.1) is 5.69 Å². The van der Waals surface area contributed by atoms with Crippen LogP contribution in [0.4, 0.5) is 5.69 Å². The lowest BCUT2D eigenvalue weighted by Gasteiger charge is -2.27. The molecule has 1 aromatic rings. The average Bonchev–Trinajstić information content (AvgIpc) is 2.26. The Bertz CT molecular complexity index is 363. The van der Waals surface area contributed by atoms with Gasteiger partial charge in [0, 0.05) is 23.6 Å². The number of benzene rings is 1. The highest BCUT2D eigenvalue weighted by Crippen LogP contribution is 2.28. The smallest absolute Gasteiger partial charge is 0.0510 e. The highest BCUT2D eigenvalue weighted by Gasteiger charge is 2.11. The molecule has 0 fully saturated rings. The van der Waals surface area contributed by atoms with E-state index in [1.54, 1.807) is 0 Å². The van der Waals surface area contributed by atoms with Gasteiger partial charge in [-0.2, -0.15) is 0 Å². The van der Waals surface area contributed by atoms with Crippen LogP contribution in [0.5, 0.6) is 0 Å². The summed E-state index contributed by atoms with van der Waals surface area (Å²) in [7, 11) is 2.14. The lowest BCUT2D eigenvalue weighted by Crippen LogP contribution is -2.28. The predicted molar refractivity (Wildman–Crippen MR) is 79.7 cm³/mol. The Morgan fingerprint density at radius 3 is 2.47 bits per heavy atom. The van der Waals surface area contributed by atoms with E-state index < -0.39 is 0 Å². The van der Waals surface area contributed by atoms with Gasteiger partial charge in [-0.15, -0.1) is 0 Å². The summed E-state index contributed by atoms with van der Waals surface area (Å²) in [5, 5.41) is 0. The van der Waals surface area contributed by atoms with E-state index in [9.17, 15) is 0 Å². The van der Waals surface area contributed by atoms with Crippen molar-refractivity contribution in [2.24, 2.45) is 5.73 Å². The van der Waals surface area contributed by atoms with Crippen molar-refractivity contribution in [3.05, 3.63) is 28.2 Å². The number of nitrogens with two attached hydrogens (primary N) is 1. The molecule has 1 rings (SSSR count). The molecule has 2 unspecified atom stereocenters. The van der Waals surface area contributed by atoms with Gasteiger partial charge in [-0.3, -0.25) is 0 Å². The fourth-order valence-corrected chi connectivity index (χ4v) is 2.55. The Kier molecular flexibility index (Phi) is 5.47. The van der Waals surface area contributed by atoms with Crippen molar-refractivity contribution in [1.82, 2.24) is 0 Å². The summed E-state index contributed by atoms with van der Waals surface area (Å²) in [6.07, 6.45) is 2.07. The summed E-state index contributed by atoms with van der Waals surface area (Å²) < 4.78 is 1.15. The molecule has 0 saturated carbocycles. The molecular weight excluding hydrogens is 276 g/mol. The fourth-order valence-electron chi connectivity index (χ4n) is 1.85. The van der Waals surface area contributed by atoms with Crippen LogP contribution in [0.3, 0.4) is 0 Å². The Morgan fingerprint density at radius 2 is 2.00 bits per heavy atom. The molecular formula is C14H23BrN2. The third-order valence-electron chi connectivity index (χ3n) is 3.20. The van der Waals surface area contributed by atoms with Gasteiger partial charge in [-0.05, 0) is 60.3 Å². The van der Waals surface area contributed by atoms with E-state index >= 15 is 0 Å². The van der Waals surface area contributed by atoms with E-state index in [4.69, 9.17) is 5.73 Å². The maximum atomic E-state index is 5.82. The zero-order chi connectivity index (χ0) is 13.0. The van der Waals surface area contributed by atoms with Crippen molar-refractivity contribution in [3.8, 4) is 0 Å². The van der Waals surface area contributed by atoms with Crippen LogP contribution in [0.2, 0.25) is 0 Å². The molecule has 0 saturated heterocycles. The van der Waals surface area contributed by atoms with E-state index in [-0.39, 0.29) is 6.04 Å². The molecule has 0 aliphatic rings. The largest absolute Gasteiger partial charge is 0.371 e. The highest BCUT2D eigenvalue weighted by atomic mass is 79.9. The van der Waals surface area contributed by atoms with Gasteiger partial charge in [-0.25, -0.2) is 0 Å². The van der Waals surface area contributed by atoms with Crippen LogP contribution in [-0.4, -0.2) is 19.1 Å². The minimum Gasteiger partial charge on any atom is -0.371 e. The standard InChI is InChI=1S/C14H23BrN2/c1-5-11(3)17(4)14-7-6-12(8-10(2)16)9-13(14)15/h6-7,9-11H,5,8,16H2,1-4H3. The van der Waals surface area contributed by atoms with Crippen molar-refractivity contribution in [2.75, 3.05) is 11.9 Å². The van der Waals surface area contributed by atoms with Crippen LogP contribution in [0.15, 0.2) is 22.7 Å². The molecule has 0 aliphatic carbocycles. The third kappa shape index (κ3) is 4.00. The van der Waals surface area contributed by atoms with Crippen molar-refractivity contribution < 1.29 is 0 Å². The van der Waals surface area contributed by atoms with Crippen LogP contribution >= 0.6 is 15.9 Å². The number of hydrogen-bond acceptors (Lipinski definition) is 2. The minimum absolute atomic E-state index is 0.208. The van der Waals surface area contributed by atoms with E-state index in [0.29, 0.717) is 6.04 Å². The van der Waals surface area contributed by atoms with Gasteiger partial charge in [-0.1, -0.05) is 13.0 Å². The van der Waals surface area contributed by atoms with Gasteiger partial charge in [0.2, 0.25) is 0 Å². The molecule has 2 N–H and O–H groups in total. The van der Waals surface area contributed by atoms with Crippen molar-refractivity contribution in [2.45, 2.75) is 45.7 Å². The van der Waals surface area contributed by atoms with E-state index in [1.165, 1.54) is 11.3 Å². The third-order valence-corrected chi connectivity index (χ3v) is 3.84. The molecule has 2 atom stereocenters. The average molecular weight is 299 g/mol. The molecule has 0 aliphatic heterocycles. The summed E-state index contributed by atoms with van der Waals surface area (Å²) in [5.74, 6) is 0. The monoisotopic (exact) mass is 298 g/mol. The number of hydrogen-bond donors (Lipinski definition) is 1. The molecule has 0 bridgehead atoms. The predicted octanol–water partition coefficient (Wildman–Crippen LogP) is 3.57. The molecule has 1 aromatic carbocycles. The molecule has 0 aromatic heterocycles. The lowest BCUT2D eigenvalue weighted by atomic mass is 10.1. The first kappa shape index (κ1) is 14.5. The van der Waals surface area contributed by atoms with E-state index in [1.807, 2.05) is 6.92 Å². The van der Waals surface area contributed by atoms with Gasteiger partial charge in [0.15, 0.2) is 0 Å². The Balaban J connectivity index is 2.89. The van der Waals surface area contributed by atoms with Crippen molar-refractivity contribution >= 4 is 21.6 Å². The zero-order valence-electron chi connectivity index (χ0n) is 11.2. The van der Waals surface area contributed by atoms with Crippen LogP contribution in [0, 0.1) is 0 Å². The maximum Gasteiger partial charge on any atom is 0.0510 e. The second-order valence-electron chi connectivity index (χ2n) is 4.84. The Labute approximate surface area is 113 Å². The van der Waals surface area contributed by atoms with Crippen LogP contribution in [0.25, 0.3) is 0 Å². The summed E-state index contributed by atoms with van der Waals surface area (Å²) in [6, 6.07) is 7.28. The zero-order valence-corrected chi connectivity index (χ0v) is 12.8. The minimum atomic E-state index is 0.208. The molecule has 0 spiro atoms. The van der Waals surface area contributed by atoms with Crippen LogP contribution in [-0.2, 0) is 6.42 Å². The molecule has 96 valence electrons. The van der Waals surface area contributed by atoms with Gasteiger partial charge >= 0.3 is 0 Å². The summed E-state index contributed by atoms with van der Waals surface area (Å²) in [5.41, 5.74) is 8.35. The van der Waals surface area contributed by atoms with Gasteiger partial charge in [0.25, 0.3) is 0 Å². The molecule has 3 heteroatoms. The number of halogens is 1. The van der Waals surface area contributed by atoms with Gasteiger partial charge in [0.1, 0.15) is 0 Å². The molecule has 0 amide bonds. The van der Waals surface area contributed by atoms with Gasteiger partial charge < -0.3 is 10.6 Å². The summed E-state index contributed by atoms with van der Waals surface area (Å²) in [6.45, 7) is 6.48. The molecule has 17 heavy (non-hydrogen) atoms. The normalized spacial score (nSPS) is 14.5. The second-order valence-corrected chi connectivity index (χ2v) is 5.69. The second kappa shape index (κ2) is 6.41. The van der Waals surface area contributed by atoms with Crippen LogP contribution in [0.1, 0.15) is 32.8 Å². The first-order valence-electron chi connectivity index (χ1n) is 6.22. The molecule has 0 heterocycles. The first-order valence-corrected chi connectivity index (χ1v) is 7.01. The first-order chi connectivity index (χ1) is 7.95. The van der Waals surface area contributed by atoms with E-state index in [0.717, 1.165) is 17.3 Å².